The summed E-state index contributed by atoms with van der Waals surface area (Å²) in [4.78, 5) is 18.7. The molecule has 0 saturated carbocycles. The van der Waals surface area contributed by atoms with Gasteiger partial charge < -0.3 is 9.64 Å². The van der Waals surface area contributed by atoms with Gasteiger partial charge in [0.2, 0.25) is 0 Å². The zero-order chi connectivity index (χ0) is 12.6. The third-order valence-corrected chi connectivity index (χ3v) is 4.22. The van der Waals surface area contributed by atoms with Crippen molar-refractivity contribution in [3.63, 3.8) is 0 Å². The van der Waals surface area contributed by atoms with E-state index in [1.807, 2.05) is 13.0 Å². The molecule has 0 radical (unpaired) electrons. The molecule has 1 aliphatic carbocycles. The van der Waals surface area contributed by atoms with Crippen LogP contribution < -0.4 is 0 Å². The summed E-state index contributed by atoms with van der Waals surface area (Å²) < 4.78 is 6.04. The number of ether oxygens (including phenoxy) is 1. The number of aliphatic imine (C=N–C) groups is 1. The third kappa shape index (κ3) is 1.79. The molecule has 2 atom stereocenters. The second kappa shape index (κ2) is 4.50. The summed E-state index contributed by atoms with van der Waals surface area (Å²) in [5, 5.41) is 0. The minimum Gasteiger partial charge on any atom is -0.369 e. The summed E-state index contributed by atoms with van der Waals surface area (Å²) in [7, 11) is 0. The molecule has 0 N–H and O–H groups in total. The lowest BCUT2D eigenvalue weighted by Gasteiger charge is -2.51. The van der Waals surface area contributed by atoms with Crippen LogP contribution in [-0.4, -0.2) is 47.9 Å². The van der Waals surface area contributed by atoms with Crippen LogP contribution in [0.2, 0.25) is 0 Å². The number of hydrogen-bond acceptors (Lipinski definition) is 4. The Morgan fingerprint density at radius 2 is 2.50 bits per heavy atom. The molecule has 2 aliphatic heterocycles. The molecule has 1 fully saturated rings. The van der Waals surface area contributed by atoms with Gasteiger partial charge in [0.1, 0.15) is 5.60 Å². The number of nitrogens with zero attached hydrogens (tertiary/aromatic N) is 2. The standard InChI is InChI=1S/C14H20N2O2/c1-2-18-14-6-4-11(17)10-12(14)16-9-3-8-15-13(16)5-7-14/h4,6,12H,2-3,5,7-10H2,1H3/t12-,14+/m1/s1. The highest BCUT2D eigenvalue weighted by atomic mass is 16.5. The molecule has 18 heavy (non-hydrogen) atoms. The van der Waals surface area contributed by atoms with Crippen LogP contribution in [0.4, 0.5) is 0 Å². The van der Waals surface area contributed by atoms with Gasteiger partial charge in [0, 0.05) is 32.5 Å². The third-order valence-electron chi connectivity index (χ3n) is 4.22. The van der Waals surface area contributed by atoms with E-state index in [9.17, 15) is 4.79 Å². The Labute approximate surface area is 108 Å². The zero-order valence-electron chi connectivity index (χ0n) is 10.9. The predicted octanol–water partition coefficient (Wildman–Crippen LogP) is 1.56. The molecule has 0 aromatic carbocycles. The van der Waals surface area contributed by atoms with Crippen LogP contribution in [0.25, 0.3) is 0 Å². The Kier molecular flexibility index (Phi) is 2.98. The van der Waals surface area contributed by atoms with E-state index < -0.39 is 0 Å². The second-order valence-electron chi connectivity index (χ2n) is 5.25. The summed E-state index contributed by atoms with van der Waals surface area (Å²) in [5.41, 5.74) is -0.265. The lowest BCUT2D eigenvalue weighted by molar-refractivity contribution is -0.123. The van der Waals surface area contributed by atoms with Crippen molar-refractivity contribution in [2.75, 3.05) is 19.7 Å². The van der Waals surface area contributed by atoms with Crippen LogP contribution in [0.5, 0.6) is 0 Å². The van der Waals surface area contributed by atoms with Crippen molar-refractivity contribution >= 4 is 11.6 Å². The number of carbonyl (C=O) groups is 1. The Hall–Kier alpha value is -1.16. The lowest BCUT2D eigenvalue weighted by Crippen LogP contribution is -2.62. The van der Waals surface area contributed by atoms with E-state index in [1.54, 1.807) is 6.08 Å². The highest BCUT2D eigenvalue weighted by Gasteiger charge is 2.48. The van der Waals surface area contributed by atoms with Crippen molar-refractivity contribution in [3.8, 4) is 0 Å². The molecule has 0 aromatic rings. The fourth-order valence-electron chi connectivity index (χ4n) is 3.42. The molecule has 3 rings (SSSR count). The van der Waals surface area contributed by atoms with Crippen LogP contribution in [0.3, 0.4) is 0 Å². The maximum atomic E-state index is 11.7. The van der Waals surface area contributed by atoms with Crippen LogP contribution >= 0.6 is 0 Å². The van der Waals surface area contributed by atoms with Crippen LogP contribution in [0.15, 0.2) is 17.1 Å². The Balaban J connectivity index is 1.96. The van der Waals surface area contributed by atoms with Crippen molar-refractivity contribution < 1.29 is 9.53 Å². The summed E-state index contributed by atoms with van der Waals surface area (Å²) in [5.74, 6) is 1.40. The summed E-state index contributed by atoms with van der Waals surface area (Å²) in [6, 6.07) is 0.155. The van der Waals surface area contributed by atoms with E-state index >= 15 is 0 Å². The van der Waals surface area contributed by atoms with Crippen LogP contribution in [-0.2, 0) is 9.53 Å². The first-order chi connectivity index (χ1) is 8.75. The molecule has 0 spiro atoms. The number of carbonyl (C=O) groups excluding carboxylic acids is 1. The van der Waals surface area contributed by atoms with Gasteiger partial charge in [0.15, 0.2) is 5.78 Å². The number of allylic oxidation sites excluding steroid dienone is 1. The van der Waals surface area contributed by atoms with E-state index in [-0.39, 0.29) is 17.4 Å². The number of piperidine rings is 1. The first-order valence-electron chi connectivity index (χ1n) is 6.91. The normalized spacial score (nSPS) is 34.9. The molecule has 4 heteroatoms. The maximum absolute atomic E-state index is 11.7. The van der Waals surface area contributed by atoms with Crippen molar-refractivity contribution in [2.24, 2.45) is 4.99 Å². The molecule has 0 aromatic heterocycles. The number of amidine groups is 1. The first kappa shape index (κ1) is 11.9. The average molecular weight is 248 g/mol. The molecule has 3 aliphatic rings. The van der Waals surface area contributed by atoms with E-state index in [1.165, 1.54) is 5.84 Å². The number of hydrogen-bond donors (Lipinski definition) is 0. The molecule has 0 bridgehead atoms. The number of ketones is 1. The SMILES string of the molecule is CCO[C@]12C=CC(=O)C[C@H]1N1CCCN=C1CC2. The lowest BCUT2D eigenvalue weighted by atomic mass is 9.77. The van der Waals surface area contributed by atoms with E-state index in [4.69, 9.17) is 4.74 Å². The second-order valence-corrected chi connectivity index (χ2v) is 5.25. The van der Waals surface area contributed by atoms with Crippen molar-refractivity contribution in [3.05, 3.63) is 12.2 Å². The van der Waals surface area contributed by atoms with Gasteiger partial charge in [-0.15, -0.1) is 0 Å². The molecule has 0 unspecified atom stereocenters. The highest BCUT2D eigenvalue weighted by Crippen LogP contribution is 2.39. The largest absolute Gasteiger partial charge is 0.369 e. The van der Waals surface area contributed by atoms with Crippen molar-refractivity contribution in [1.29, 1.82) is 0 Å². The van der Waals surface area contributed by atoms with Crippen molar-refractivity contribution in [2.45, 2.75) is 44.2 Å². The van der Waals surface area contributed by atoms with E-state index in [2.05, 4.69) is 9.89 Å². The van der Waals surface area contributed by atoms with Crippen molar-refractivity contribution in [1.82, 2.24) is 4.90 Å². The van der Waals surface area contributed by atoms with Crippen LogP contribution in [0, 0.1) is 0 Å². The van der Waals surface area contributed by atoms with Gasteiger partial charge in [-0.05, 0) is 31.9 Å². The van der Waals surface area contributed by atoms with Crippen LogP contribution in [0.1, 0.15) is 32.6 Å². The highest BCUT2D eigenvalue weighted by molar-refractivity contribution is 5.93. The molecule has 2 heterocycles. The van der Waals surface area contributed by atoms with Gasteiger partial charge >= 0.3 is 0 Å². The Morgan fingerprint density at radius 1 is 1.61 bits per heavy atom. The van der Waals surface area contributed by atoms with E-state index in [0.29, 0.717) is 13.0 Å². The minimum atomic E-state index is -0.265. The predicted molar refractivity (Wildman–Crippen MR) is 69.8 cm³/mol. The molecule has 98 valence electrons. The molecular weight excluding hydrogens is 228 g/mol. The quantitative estimate of drug-likeness (QED) is 0.744. The number of fused-ring (bicyclic) bond motifs is 3. The Bertz CT molecular complexity index is 416. The van der Waals surface area contributed by atoms with Gasteiger partial charge in [-0.3, -0.25) is 9.79 Å². The molecule has 4 nitrogen and oxygen atoms in total. The fraction of sp³-hybridized carbons (Fsp3) is 0.714. The van der Waals surface area contributed by atoms with Gasteiger partial charge in [-0.25, -0.2) is 0 Å². The average Bonchev–Trinajstić information content (AvgIpc) is 2.40. The van der Waals surface area contributed by atoms with E-state index in [0.717, 1.165) is 32.4 Å². The van der Waals surface area contributed by atoms with Gasteiger partial charge in [-0.1, -0.05) is 0 Å². The Morgan fingerprint density at radius 3 is 3.33 bits per heavy atom. The monoisotopic (exact) mass is 248 g/mol. The van der Waals surface area contributed by atoms with Gasteiger partial charge in [0.25, 0.3) is 0 Å². The molecule has 1 saturated heterocycles. The fourth-order valence-corrected chi connectivity index (χ4v) is 3.42. The van der Waals surface area contributed by atoms with Gasteiger partial charge in [0.05, 0.1) is 11.9 Å². The first-order valence-corrected chi connectivity index (χ1v) is 6.91. The number of rotatable bonds is 2. The molecule has 0 amide bonds. The summed E-state index contributed by atoms with van der Waals surface area (Å²) >= 11 is 0. The molecular formula is C14H20N2O2. The smallest absolute Gasteiger partial charge is 0.157 e. The maximum Gasteiger partial charge on any atom is 0.157 e. The summed E-state index contributed by atoms with van der Waals surface area (Å²) in [6.07, 6.45) is 7.27. The van der Waals surface area contributed by atoms with Gasteiger partial charge in [-0.2, -0.15) is 0 Å². The summed E-state index contributed by atoms with van der Waals surface area (Å²) in [6.45, 7) is 4.66. The zero-order valence-corrected chi connectivity index (χ0v) is 10.9. The topological polar surface area (TPSA) is 41.9 Å². The minimum absolute atomic E-state index is 0.155.